The summed E-state index contributed by atoms with van der Waals surface area (Å²) >= 11 is 0. The number of fused-ring (bicyclic) bond motifs is 15. The largest absolute Gasteiger partial charge is 0.309 e. The van der Waals surface area contributed by atoms with Gasteiger partial charge < -0.3 is 4.57 Å². The Kier molecular flexibility index (Phi) is 5.05. The number of hydrogen-bond donors (Lipinski definition) is 0. The lowest BCUT2D eigenvalue weighted by Gasteiger charge is -2.35. The van der Waals surface area contributed by atoms with E-state index in [-0.39, 0.29) is 10.8 Å². The van der Waals surface area contributed by atoms with E-state index in [1.54, 1.807) is 0 Å². The van der Waals surface area contributed by atoms with Gasteiger partial charge in [0.05, 0.1) is 22.1 Å². The standard InChI is InChI=1S/C48H35N/c1-28-17-21-44-36(23-28)37-24-29(2)25-43-46(37)49(44)45-22-19-31(27-42(45)47(43,3)4)30-18-20-35-34-13-7-10-16-40(34)48(41(35)26-30)38-14-8-5-11-32(38)33-12-6-9-15-39(33)48/h5-27H,1-4H3. The number of aromatic nitrogens is 1. The Morgan fingerprint density at radius 2 is 0.980 bits per heavy atom. The number of hydrogen-bond acceptors (Lipinski definition) is 0. The van der Waals surface area contributed by atoms with Crippen molar-refractivity contribution in [3.63, 3.8) is 0 Å². The predicted octanol–water partition coefficient (Wildman–Crippen LogP) is 12.1. The summed E-state index contributed by atoms with van der Waals surface area (Å²) < 4.78 is 2.53. The highest BCUT2D eigenvalue weighted by Gasteiger charge is 2.51. The number of nitrogens with zero attached hydrogens (tertiary/aromatic N) is 1. The molecule has 1 nitrogen and oxygen atoms in total. The molecule has 1 aromatic heterocycles. The minimum atomic E-state index is -0.340. The molecule has 0 amide bonds. The molecule has 3 aliphatic rings. The van der Waals surface area contributed by atoms with Crippen LogP contribution in [0.2, 0.25) is 0 Å². The molecule has 49 heavy (non-hydrogen) atoms. The fraction of sp³-hybridized carbons (Fsp3) is 0.125. The first kappa shape index (κ1) is 27.3. The smallest absolute Gasteiger partial charge is 0.0725 e. The fourth-order valence-electron chi connectivity index (χ4n) is 9.96. The van der Waals surface area contributed by atoms with E-state index in [9.17, 15) is 0 Å². The first-order valence-corrected chi connectivity index (χ1v) is 17.5. The normalized spacial score (nSPS) is 15.3. The van der Waals surface area contributed by atoms with Gasteiger partial charge in [0.15, 0.2) is 0 Å². The van der Waals surface area contributed by atoms with Crippen molar-refractivity contribution in [1.29, 1.82) is 0 Å². The van der Waals surface area contributed by atoms with Gasteiger partial charge in [0.1, 0.15) is 0 Å². The molecular weight excluding hydrogens is 591 g/mol. The van der Waals surface area contributed by atoms with Crippen molar-refractivity contribution < 1.29 is 0 Å². The first-order chi connectivity index (χ1) is 23.9. The Hall–Kier alpha value is -5.66. The van der Waals surface area contributed by atoms with Crippen LogP contribution in [0.4, 0.5) is 0 Å². The van der Waals surface area contributed by atoms with Gasteiger partial charge >= 0.3 is 0 Å². The topological polar surface area (TPSA) is 4.93 Å². The van der Waals surface area contributed by atoms with Gasteiger partial charge in [0.2, 0.25) is 0 Å². The molecule has 0 saturated carbocycles. The molecule has 1 aliphatic heterocycles. The van der Waals surface area contributed by atoms with E-state index in [1.807, 2.05) is 0 Å². The molecule has 0 fully saturated rings. The summed E-state index contributed by atoms with van der Waals surface area (Å²) in [6.07, 6.45) is 0. The molecule has 1 heteroatoms. The van der Waals surface area contributed by atoms with Crippen molar-refractivity contribution in [2.75, 3.05) is 0 Å². The van der Waals surface area contributed by atoms with Crippen molar-refractivity contribution in [2.45, 2.75) is 38.5 Å². The molecule has 2 aliphatic carbocycles. The van der Waals surface area contributed by atoms with Gasteiger partial charge in [-0.15, -0.1) is 0 Å². The Labute approximate surface area is 287 Å². The molecule has 0 unspecified atom stereocenters. The highest BCUT2D eigenvalue weighted by Crippen LogP contribution is 2.63. The zero-order valence-corrected chi connectivity index (χ0v) is 28.2. The maximum atomic E-state index is 2.53. The molecule has 0 atom stereocenters. The summed E-state index contributed by atoms with van der Waals surface area (Å²) in [4.78, 5) is 0. The third-order valence-electron chi connectivity index (χ3n) is 12.1. The third-order valence-corrected chi connectivity index (χ3v) is 12.1. The highest BCUT2D eigenvalue weighted by molar-refractivity contribution is 6.12. The number of aryl methyl sites for hydroxylation is 2. The van der Waals surface area contributed by atoms with Gasteiger partial charge in [-0.05, 0) is 117 Å². The summed E-state index contributed by atoms with van der Waals surface area (Å²) in [5, 5.41) is 2.70. The zero-order chi connectivity index (χ0) is 32.8. The molecule has 7 aromatic carbocycles. The van der Waals surface area contributed by atoms with E-state index in [2.05, 4.69) is 172 Å². The molecule has 1 spiro atoms. The second-order valence-corrected chi connectivity index (χ2v) is 15.1. The Bertz CT molecular complexity index is 2710. The Balaban J connectivity index is 1.17. The average molecular weight is 626 g/mol. The van der Waals surface area contributed by atoms with Crippen molar-refractivity contribution in [1.82, 2.24) is 4.57 Å². The molecule has 0 saturated heterocycles. The summed E-state index contributed by atoms with van der Waals surface area (Å²) in [6.45, 7) is 9.27. The van der Waals surface area contributed by atoms with Crippen molar-refractivity contribution in [3.05, 3.63) is 184 Å². The number of rotatable bonds is 1. The summed E-state index contributed by atoms with van der Waals surface area (Å²) in [5.41, 5.74) is 22.3. The van der Waals surface area contributed by atoms with Gasteiger partial charge in [-0.3, -0.25) is 0 Å². The molecule has 8 aromatic rings. The highest BCUT2D eigenvalue weighted by atomic mass is 15.0. The Morgan fingerprint density at radius 3 is 1.63 bits per heavy atom. The van der Waals surface area contributed by atoms with Gasteiger partial charge in [-0.2, -0.15) is 0 Å². The van der Waals surface area contributed by atoms with E-state index < -0.39 is 0 Å². The summed E-state index contributed by atoms with van der Waals surface area (Å²) in [5.74, 6) is 0. The second-order valence-electron chi connectivity index (χ2n) is 15.1. The maximum absolute atomic E-state index is 2.53. The van der Waals surface area contributed by atoms with E-state index in [0.29, 0.717) is 0 Å². The average Bonchev–Trinajstić information content (AvgIpc) is 3.72. The van der Waals surface area contributed by atoms with Crippen LogP contribution in [0.25, 0.3) is 60.9 Å². The molecule has 0 radical (unpaired) electrons. The molecule has 0 bridgehead atoms. The summed E-state index contributed by atoms with van der Waals surface area (Å²) in [6, 6.07) is 53.4. The van der Waals surface area contributed by atoms with Gasteiger partial charge in [-0.1, -0.05) is 128 Å². The maximum Gasteiger partial charge on any atom is 0.0725 e. The van der Waals surface area contributed by atoms with Crippen LogP contribution in [0.3, 0.4) is 0 Å². The van der Waals surface area contributed by atoms with Gasteiger partial charge in [0.25, 0.3) is 0 Å². The van der Waals surface area contributed by atoms with Crippen LogP contribution in [-0.2, 0) is 10.8 Å². The number of benzene rings is 7. The van der Waals surface area contributed by atoms with Crippen molar-refractivity contribution in [3.8, 4) is 39.1 Å². The minimum absolute atomic E-state index is 0.160. The second kappa shape index (κ2) is 9.07. The van der Waals surface area contributed by atoms with E-state index >= 15 is 0 Å². The van der Waals surface area contributed by atoms with Crippen LogP contribution in [0.5, 0.6) is 0 Å². The lowest BCUT2D eigenvalue weighted by Crippen LogP contribution is -2.26. The van der Waals surface area contributed by atoms with Crippen molar-refractivity contribution >= 4 is 21.8 Å². The first-order valence-electron chi connectivity index (χ1n) is 17.5. The van der Waals surface area contributed by atoms with Crippen LogP contribution in [0, 0.1) is 13.8 Å². The van der Waals surface area contributed by atoms with Crippen LogP contribution in [0.15, 0.2) is 140 Å². The van der Waals surface area contributed by atoms with Crippen LogP contribution >= 0.6 is 0 Å². The van der Waals surface area contributed by atoms with Gasteiger partial charge in [-0.25, -0.2) is 0 Å². The lowest BCUT2D eigenvalue weighted by molar-refractivity contribution is 0.630. The quantitative estimate of drug-likeness (QED) is 0.171. The fourth-order valence-corrected chi connectivity index (χ4v) is 9.96. The van der Waals surface area contributed by atoms with E-state index in [1.165, 1.54) is 105 Å². The summed E-state index contributed by atoms with van der Waals surface area (Å²) in [7, 11) is 0. The molecule has 232 valence electrons. The van der Waals surface area contributed by atoms with Crippen LogP contribution in [-0.4, -0.2) is 4.57 Å². The van der Waals surface area contributed by atoms with Gasteiger partial charge in [0, 0.05) is 16.2 Å². The molecule has 2 heterocycles. The Morgan fingerprint density at radius 1 is 0.429 bits per heavy atom. The minimum Gasteiger partial charge on any atom is -0.309 e. The van der Waals surface area contributed by atoms with Crippen LogP contribution < -0.4 is 0 Å². The predicted molar refractivity (Wildman–Crippen MR) is 204 cm³/mol. The molecule has 0 N–H and O–H groups in total. The molecule has 11 rings (SSSR count). The van der Waals surface area contributed by atoms with E-state index in [4.69, 9.17) is 0 Å². The zero-order valence-electron chi connectivity index (χ0n) is 28.2. The van der Waals surface area contributed by atoms with Crippen LogP contribution in [0.1, 0.15) is 58.4 Å². The van der Waals surface area contributed by atoms with Crippen molar-refractivity contribution in [2.24, 2.45) is 0 Å². The monoisotopic (exact) mass is 625 g/mol. The van der Waals surface area contributed by atoms with E-state index in [0.717, 1.165) is 0 Å². The third kappa shape index (κ3) is 3.22. The molecular formula is C48H35N. The lowest BCUT2D eigenvalue weighted by atomic mass is 9.70. The SMILES string of the molecule is Cc1ccc2c(c1)c1cc(C)cc3c1n2-c1ccc(-c2ccc4c(c2)C2(c5ccccc5-c5ccccc52)c2ccccc2-4)cc1C3(C)C.